The van der Waals surface area contributed by atoms with Crippen molar-refractivity contribution in [3.8, 4) is 0 Å². The van der Waals surface area contributed by atoms with Crippen LogP contribution >= 0.6 is 15.9 Å². The van der Waals surface area contributed by atoms with Gasteiger partial charge in [-0.05, 0) is 28.9 Å². The zero-order valence-electron chi connectivity index (χ0n) is 8.99. The summed E-state index contributed by atoms with van der Waals surface area (Å²) in [4.78, 5) is 17.1. The highest BCUT2D eigenvalue weighted by Gasteiger charge is 2.14. The summed E-state index contributed by atoms with van der Waals surface area (Å²) >= 11 is 3.32. The van der Waals surface area contributed by atoms with E-state index in [1.807, 2.05) is 13.0 Å². The molecule has 0 aliphatic carbocycles. The normalized spacial score (nSPS) is 12.0. The molecule has 1 aromatic heterocycles. The minimum atomic E-state index is -0.254. The molecule has 82 valence electrons. The largest absolute Gasteiger partial charge is 0.373 e. The Morgan fingerprint density at radius 3 is 2.73 bits per heavy atom. The number of likely N-dealkylation sites (N-methyl/N-ethyl adjacent to an activating group) is 1. The molecule has 0 aliphatic rings. The van der Waals surface area contributed by atoms with Gasteiger partial charge in [-0.2, -0.15) is 0 Å². The van der Waals surface area contributed by atoms with Gasteiger partial charge >= 0.3 is 0 Å². The average Bonchev–Trinajstić information content (AvgIpc) is 2.16. The van der Waals surface area contributed by atoms with Crippen LogP contribution in [0.25, 0.3) is 0 Å². The van der Waals surface area contributed by atoms with Crippen molar-refractivity contribution in [2.45, 2.75) is 13.0 Å². The molecule has 0 bridgehead atoms. The molecule has 0 spiro atoms. The predicted octanol–water partition coefficient (Wildman–Crippen LogP) is 1.73. The minimum absolute atomic E-state index is 0.0370. The van der Waals surface area contributed by atoms with Crippen molar-refractivity contribution in [3.63, 3.8) is 0 Å². The topological polar surface area (TPSA) is 45.2 Å². The average molecular weight is 272 g/mol. The molecule has 15 heavy (non-hydrogen) atoms. The van der Waals surface area contributed by atoms with E-state index in [1.165, 1.54) is 0 Å². The molecule has 1 aromatic rings. The summed E-state index contributed by atoms with van der Waals surface area (Å²) in [6.07, 6.45) is 3.38. The van der Waals surface area contributed by atoms with E-state index < -0.39 is 0 Å². The van der Waals surface area contributed by atoms with E-state index >= 15 is 0 Å². The molecular weight excluding hydrogens is 258 g/mol. The second kappa shape index (κ2) is 5.11. The Balaban J connectivity index is 2.66. The van der Waals surface area contributed by atoms with E-state index in [0.717, 1.165) is 10.2 Å². The van der Waals surface area contributed by atoms with Gasteiger partial charge in [-0.1, -0.05) is 0 Å². The number of carbonyl (C=O) groups is 1. The van der Waals surface area contributed by atoms with Crippen molar-refractivity contribution in [3.05, 3.63) is 22.9 Å². The molecule has 1 heterocycles. The van der Waals surface area contributed by atoms with Gasteiger partial charge in [-0.3, -0.25) is 9.78 Å². The number of anilines is 1. The first-order chi connectivity index (χ1) is 7.00. The molecule has 0 saturated heterocycles. The monoisotopic (exact) mass is 271 g/mol. The third-order valence-electron chi connectivity index (χ3n) is 1.90. The lowest BCUT2D eigenvalue weighted by Gasteiger charge is -2.18. The first-order valence-electron chi connectivity index (χ1n) is 4.59. The maximum Gasteiger partial charge on any atom is 0.244 e. The molecule has 1 amide bonds. The molecule has 1 N–H and O–H groups in total. The fourth-order valence-corrected chi connectivity index (χ4v) is 1.55. The number of rotatable bonds is 3. The van der Waals surface area contributed by atoms with Gasteiger partial charge < -0.3 is 10.2 Å². The lowest BCUT2D eigenvalue weighted by molar-refractivity contribution is -0.129. The van der Waals surface area contributed by atoms with Gasteiger partial charge in [0.15, 0.2) is 0 Å². The van der Waals surface area contributed by atoms with Crippen LogP contribution in [-0.2, 0) is 4.79 Å². The number of halogens is 1. The molecule has 0 fully saturated rings. The van der Waals surface area contributed by atoms with E-state index in [0.29, 0.717) is 0 Å². The number of amides is 1. The highest BCUT2D eigenvalue weighted by molar-refractivity contribution is 9.10. The molecule has 0 aromatic carbocycles. The minimum Gasteiger partial charge on any atom is -0.373 e. The number of nitrogens with zero attached hydrogens (tertiary/aromatic N) is 2. The number of hydrogen-bond donors (Lipinski definition) is 1. The SMILES string of the molecule is C[C@H](Nc1cncc(Br)c1)C(=O)N(C)C. The van der Waals surface area contributed by atoms with Crippen LogP contribution in [0.4, 0.5) is 5.69 Å². The summed E-state index contributed by atoms with van der Waals surface area (Å²) in [6, 6.07) is 1.63. The lowest BCUT2D eigenvalue weighted by Crippen LogP contribution is -2.36. The van der Waals surface area contributed by atoms with Crippen LogP contribution in [0, 0.1) is 0 Å². The van der Waals surface area contributed by atoms with Gasteiger partial charge in [0.1, 0.15) is 6.04 Å². The van der Waals surface area contributed by atoms with Crippen molar-refractivity contribution >= 4 is 27.5 Å². The van der Waals surface area contributed by atoms with Crippen LogP contribution in [-0.4, -0.2) is 35.9 Å². The maximum absolute atomic E-state index is 11.6. The zero-order valence-corrected chi connectivity index (χ0v) is 10.6. The van der Waals surface area contributed by atoms with Gasteiger partial charge in [0.25, 0.3) is 0 Å². The second-order valence-electron chi connectivity index (χ2n) is 3.49. The quantitative estimate of drug-likeness (QED) is 0.911. The summed E-state index contributed by atoms with van der Waals surface area (Å²) in [6.45, 7) is 1.82. The van der Waals surface area contributed by atoms with Gasteiger partial charge in [0.05, 0.1) is 11.9 Å². The standard InChI is InChI=1S/C10H14BrN3O/c1-7(10(15)14(2)3)13-9-4-8(11)5-12-6-9/h4-7,13H,1-3H3/t7-/m0/s1. The number of pyridine rings is 1. The second-order valence-corrected chi connectivity index (χ2v) is 4.41. The maximum atomic E-state index is 11.6. The Morgan fingerprint density at radius 2 is 2.20 bits per heavy atom. The molecule has 0 aliphatic heterocycles. The smallest absolute Gasteiger partial charge is 0.244 e. The van der Waals surface area contributed by atoms with Gasteiger partial charge in [0, 0.05) is 24.8 Å². The summed E-state index contributed by atoms with van der Waals surface area (Å²) < 4.78 is 0.886. The van der Waals surface area contributed by atoms with E-state index in [1.54, 1.807) is 31.4 Å². The number of hydrogen-bond acceptors (Lipinski definition) is 3. The first kappa shape index (κ1) is 12.0. The third kappa shape index (κ3) is 3.51. The third-order valence-corrected chi connectivity index (χ3v) is 2.33. The van der Waals surface area contributed by atoms with E-state index in [-0.39, 0.29) is 11.9 Å². The van der Waals surface area contributed by atoms with E-state index in [2.05, 4.69) is 26.2 Å². The molecule has 0 saturated carbocycles. The van der Waals surface area contributed by atoms with Gasteiger partial charge in [-0.25, -0.2) is 0 Å². The molecule has 0 radical (unpaired) electrons. The Labute approximate surface area is 97.8 Å². The van der Waals surface area contributed by atoms with Crippen LogP contribution in [0.3, 0.4) is 0 Å². The highest BCUT2D eigenvalue weighted by Crippen LogP contribution is 2.14. The van der Waals surface area contributed by atoms with Crippen molar-refractivity contribution < 1.29 is 4.79 Å². The summed E-state index contributed by atoms with van der Waals surface area (Å²) in [5, 5.41) is 3.08. The number of carbonyl (C=O) groups excluding carboxylic acids is 1. The summed E-state index contributed by atoms with van der Waals surface area (Å²) in [5.41, 5.74) is 0.826. The molecule has 5 heteroatoms. The fraction of sp³-hybridized carbons (Fsp3) is 0.400. The predicted molar refractivity (Wildman–Crippen MR) is 63.7 cm³/mol. The van der Waals surface area contributed by atoms with Crippen molar-refractivity contribution in [1.29, 1.82) is 0 Å². The Morgan fingerprint density at radius 1 is 1.53 bits per heavy atom. The van der Waals surface area contributed by atoms with Crippen LogP contribution in [0.2, 0.25) is 0 Å². The van der Waals surface area contributed by atoms with E-state index in [4.69, 9.17) is 0 Å². The van der Waals surface area contributed by atoms with E-state index in [9.17, 15) is 4.79 Å². The first-order valence-corrected chi connectivity index (χ1v) is 5.38. The van der Waals surface area contributed by atoms with Crippen molar-refractivity contribution in [2.24, 2.45) is 0 Å². The molecule has 4 nitrogen and oxygen atoms in total. The van der Waals surface area contributed by atoms with Crippen LogP contribution in [0.5, 0.6) is 0 Å². The summed E-state index contributed by atoms with van der Waals surface area (Å²) in [7, 11) is 3.47. The van der Waals surface area contributed by atoms with Crippen molar-refractivity contribution in [1.82, 2.24) is 9.88 Å². The Bertz CT molecular complexity index is 354. The van der Waals surface area contributed by atoms with Crippen molar-refractivity contribution in [2.75, 3.05) is 19.4 Å². The summed E-state index contributed by atoms with van der Waals surface area (Å²) in [5.74, 6) is 0.0370. The molecule has 1 rings (SSSR count). The zero-order chi connectivity index (χ0) is 11.4. The molecule has 0 unspecified atom stereocenters. The number of aromatic nitrogens is 1. The van der Waals surface area contributed by atoms with Gasteiger partial charge in [0.2, 0.25) is 5.91 Å². The van der Waals surface area contributed by atoms with Crippen LogP contribution < -0.4 is 5.32 Å². The number of nitrogens with one attached hydrogen (secondary N) is 1. The van der Waals surface area contributed by atoms with Crippen LogP contribution in [0.1, 0.15) is 6.92 Å². The lowest BCUT2D eigenvalue weighted by atomic mass is 10.3. The Kier molecular flexibility index (Phi) is 4.08. The Hall–Kier alpha value is -1.10. The van der Waals surface area contributed by atoms with Gasteiger partial charge in [-0.15, -0.1) is 0 Å². The highest BCUT2D eigenvalue weighted by atomic mass is 79.9. The fourth-order valence-electron chi connectivity index (χ4n) is 1.19. The molecular formula is C10H14BrN3O. The van der Waals surface area contributed by atoms with Crippen LogP contribution in [0.15, 0.2) is 22.9 Å². The molecule has 1 atom stereocenters.